The molecule has 20 heavy (non-hydrogen) atoms. The summed E-state index contributed by atoms with van der Waals surface area (Å²) in [5, 5.41) is 11.6. The minimum Gasteiger partial charge on any atom is -0.478 e. The predicted octanol–water partition coefficient (Wildman–Crippen LogP) is 4.00. The average Bonchev–Trinajstić information content (AvgIpc) is 2.44. The lowest BCUT2D eigenvalue weighted by Crippen LogP contribution is -2.32. The third-order valence-electron chi connectivity index (χ3n) is 3.64. The summed E-state index contributed by atoms with van der Waals surface area (Å²) in [6.45, 7) is 4.59. The molecule has 0 saturated carbocycles. The Bertz CT molecular complexity index is 482. The van der Waals surface area contributed by atoms with Gasteiger partial charge in [-0.05, 0) is 31.2 Å². The molecule has 0 aliphatic heterocycles. The van der Waals surface area contributed by atoms with Crippen LogP contribution in [0.5, 0.6) is 0 Å². The maximum absolute atomic E-state index is 13.8. The molecule has 0 radical (unpaired) electrons. The lowest BCUT2D eigenvalue weighted by Gasteiger charge is -2.30. The molecule has 1 aromatic carbocycles. The van der Waals surface area contributed by atoms with Gasteiger partial charge in [-0.25, -0.2) is 13.6 Å². The predicted molar refractivity (Wildman–Crippen MR) is 78.6 cm³/mol. The quantitative estimate of drug-likeness (QED) is 0.799. The fraction of sp³-hybridized carbons (Fsp3) is 0.500. The molecule has 3 nitrogen and oxygen atoms in total. The number of carboxylic acids is 1. The summed E-state index contributed by atoms with van der Waals surface area (Å²) in [5.74, 6) is -3.95. The van der Waals surface area contributed by atoms with Crippen LogP contribution < -0.4 is 5.32 Å². The fourth-order valence-electron chi connectivity index (χ4n) is 1.97. The molecule has 6 heteroatoms. The summed E-state index contributed by atoms with van der Waals surface area (Å²) in [5.41, 5.74) is -0.664. The van der Waals surface area contributed by atoms with E-state index in [4.69, 9.17) is 5.11 Å². The molecular formula is C14H19F2NO2S. The highest BCUT2D eigenvalue weighted by Gasteiger charge is 2.25. The number of nitrogens with one attached hydrogen (secondary N) is 1. The Hall–Kier alpha value is -1.30. The van der Waals surface area contributed by atoms with Gasteiger partial charge in [-0.3, -0.25) is 0 Å². The monoisotopic (exact) mass is 303 g/mol. The van der Waals surface area contributed by atoms with E-state index in [1.165, 1.54) is 6.07 Å². The Balaban J connectivity index is 2.95. The molecule has 1 rings (SSSR count). The molecule has 0 aromatic heterocycles. The first kappa shape index (κ1) is 16.8. The highest BCUT2D eigenvalue weighted by Crippen LogP contribution is 2.31. The zero-order valence-electron chi connectivity index (χ0n) is 11.8. The summed E-state index contributed by atoms with van der Waals surface area (Å²) in [4.78, 5) is 10.7. The van der Waals surface area contributed by atoms with Crippen molar-refractivity contribution in [1.82, 2.24) is 0 Å². The summed E-state index contributed by atoms with van der Waals surface area (Å²) in [7, 11) is 0. The van der Waals surface area contributed by atoms with Gasteiger partial charge in [0, 0.05) is 11.3 Å². The molecule has 0 aliphatic carbocycles. The Kier molecular flexibility index (Phi) is 5.80. The van der Waals surface area contributed by atoms with Crippen molar-refractivity contribution >= 4 is 23.4 Å². The summed E-state index contributed by atoms with van der Waals surface area (Å²) in [6.07, 6.45) is 3.78. The van der Waals surface area contributed by atoms with E-state index < -0.39 is 23.2 Å². The molecule has 0 atom stereocenters. The van der Waals surface area contributed by atoms with Gasteiger partial charge in [0.15, 0.2) is 11.6 Å². The van der Waals surface area contributed by atoms with Crippen molar-refractivity contribution in [1.29, 1.82) is 0 Å². The van der Waals surface area contributed by atoms with Crippen LogP contribution in [0, 0.1) is 11.6 Å². The molecule has 1 aromatic rings. The number of aromatic carboxylic acids is 1. The van der Waals surface area contributed by atoms with Crippen LogP contribution in [-0.2, 0) is 0 Å². The number of anilines is 1. The smallest absolute Gasteiger partial charge is 0.338 e. The lowest BCUT2D eigenvalue weighted by atomic mass is 10.0. The van der Waals surface area contributed by atoms with E-state index in [9.17, 15) is 13.6 Å². The highest BCUT2D eigenvalue weighted by molar-refractivity contribution is 8.00. The van der Waals surface area contributed by atoms with Gasteiger partial charge in [-0.15, -0.1) is 0 Å². The summed E-state index contributed by atoms with van der Waals surface area (Å²) < 4.78 is 27.3. The molecule has 0 spiro atoms. The zero-order chi connectivity index (χ0) is 15.3. The van der Waals surface area contributed by atoms with Gasteiger partial charge in [0.1, 0.15) is 0 Å². The molecule has 0 saturated heterocycles. The van der Waals surface area contributed by atoms with Crippen LogP contribution in [0.15, 0.2) is 12.1 Å². The van der Waals surface area contributed by atoms with Crippen molar-refractivity contribution in [3.63, 3.8) is 0 Å². The Labute approximate surface area is 121 Å². The van der Waals surface area contributed by atoms with Gasteiger partial charge in [0.2, 0.25) is 0 Å². The molecule has 2 N–H and O–H groups in total. The largest absolute Gasteiger partial charge is 0.478 e. The molecule has 112 valence electrons. The molecule has 0 heterocycles. The van der Waals surface area contributed by atoms with E-state index in [-0.39, 0.29) is 10.4 Å². The second kappa shape index (κ2) is 6.92. The van der Waals surface area contributed by atoms with Crippen molar-refractivity contribution in [2.24, 2.45) is 0 Å². The third-order valence-corrected chi connectivity index (χ3v) is 5.22. The van der Waals surface area contributed by atoms with Crippen molar-refractivity contribution in [3.05, 3.63) is 29.3 Å². The van der Waals surface area contributed by atoms with Gasteiger partial charge < -0.3 is 10.4 Å². The standard InChI is InChI=1S/C14H19F2NO2S/c1-4-14(5-2,20-3)8-17-10-7-6-9(13(18)19)11(15)12(10)16/h6-7,17H,4-5,8H2,1-3H3,(H,18,19). The number of hydrogen-bond acceptors (Lipinski definition) is 3. The first-order valence-corrected chi connectivity index (χ1v) is 7.63. The normalized spacial score (nSPS) is 11.4. The van der Waals surface area contributed by atoms with Crippen LogP contribution in [0.3, 0.4) is 0 Å². The lowest BCUT2D eigenvalue weighted by molar-refractivity contribution is 0.0690. The van der Waals surface area contributed by atoms with Crippen LogP contribution in [0.2, 0.25) is 0 Å². The van der Waals surface area contributed by atoms with Crippen molar-refractivity contribution in [2.45, 2.75) is 31.4 Å². The number of hydrogen-bond donors (Lipinski definition) is 2. The van der Waals surface area contributed by atoms with Crippen LogP contribution in [0.25, 0.3) is 0 Å². The van der Waals surface area contributed by atoms with Gasteiger partial charge in [0.25, 0.3) is 0 Å². The summed E-state index contributed by atoms with van der Waals surface area (Å²) >= 11 is 1.68. The number of rotatable bonds is 7. The SMILES string of the molecule is CCC(CC)(CNc1ccc(C(=O)O)c(F)c1F)SC. The van der Waals surface area contributed by atoms with E-state index >= 15 is 0 Å². The van der Waals surface area contributed by atoms with Gasteiger partial charge >= 0.3 is 5.97 Å². The second-order valence-electron chi connectivity index (χ2n) is 4.54. The molecule has 0 bridgehead atoms. The van der Waals surface area contributed by atoms with Crippen molar-refractivity contribution < 1.29 is 18.7 Å². The third kappa shape index (κ3) is 3.42. The van der Waals surface area contributed by atoms with Crippen molar-refractivity contribution in [3.8, 4) is 0 Å². The highest BCUT2D eigenvalue weighted by atomic mass is 32.2. The van der Waals surface area contributed by atoms with E-state index in [0.29, 0.717) is 6.54 Å². The maximum Gasteiger partial charge on any atom is 0.338 e. The first-order valence-electron chi connectivity index (χ1n) is 6.41. The van der Waals surface area contributed by atoms with Crippen LogP contribution >= 0.6 is 11.8 Å². The maximum atomic E-state index is 13.8. The zero-order valence-corrected chi connectivity index (χ0v) is 12.6. The topological polar surface area (TPSA) is 49.3 Å². The molecule has 0 aliphatic rings. The first-order chi connectivity index (χ1) is 9.40. The van der Waals surface area contributed by atoms with E-state index in [2.05, 4.69) is 5.32 Å². The van der Waals surface area contributed by atoms with Crippen molar-refractivity contribution in [2.75, 3.05) is 18.1 Å². The molecule has 0 amide bonds. The number of thioether (sulfide) groups is 1. The Morgan fingerprint density at radius 2 is 1.90 bits per heavy atom. The van der Waals surface area contributed by atoms with Gasteiger partial charge in [0.05, 0.1) is 11.3 Å². The van der Waals surface area contributed by atoms with Gasteiger partial charge in [-0.2, -0.15) is 11.8 Å². The number of halogens is 2. The minimum absolute atomic E-state index is 0.00664. The minimum atomic E-state index is -1.48. The average molecular weight is 303 g/mol. The van der Waals surface area contributed by atoms with Gasteiger partial charge in [-0.1, -0.05) is 13.8 Å². The molecule has 0 unspecified atom stereocenters. The van der Waals surface area contributed by atoms with Crippen LogP contribution in [0.1, 0.15) is 37.0 Å². The Morgan fingerprint density at radius 3 is 2.35 bits per heavy atom. The molecule has 0 fully saturated rings. The summed E-state index contributed by atoms with van der Waals surface area (Å²) in [6, 6.07) is 2.33. The van der Waals surface area contributed by atoms with E-state index in [0.717, 1.165) is 18.9 Å². The molecular weight excluding hydrogens is 284 g/mol. The van der Waals surface area contributed by atoms with E-state index in [1.54, 1.807) is 11.8 Å². The van der Waals surface area contributed by atoms with Crippen LogP contribution in [-0.4, -0.2) is 28.6 Å². The number of benzene rings is 1. The van der Waals surface area contributed by atoms with Crippen LogP contribution in [0.4, 0.5) is 14.5 Å². The Morgan fingerprint density at radius 1 is 1.30 bits per heavy atom. The number of carbonyl (C=O) groups is 1. The second-order valence-corrected chi connectivity index (χ2v) is 5.82. The van der Waals surface area contributed by atoms with E-state index in [1.807, 2.05) is 20.1 Å². The number of carboxylic acid groups (broad SMARTS) is 1. The fourth-order valence-corrected chi connectivity index (χ4v) is 2.76.